The molecular formula is C9H9BrN2. The molecule has 62 valence electrons. The highest BCUT2D eigenvalue weighted by Gasteiger charge is 2.02. The van der Waals surface area contributed by atoms with Gasteiger partial charge < -0.3 is 10.9 Å². The molecule has 2 nitrogen and oxygen atoms in total. The average Bonchev–Trinajstić information content (AvgIpc) is 2.28. The molecule has 12 heavy (non-hydrogen) atoms. The summed E-state index contributed by atoms with van der Waals surface area (Å²) in [5, 5.41) is 0. The van der Waals surface area contributed by atoms with Crippen molar-refractivity contribution in [2.45, 2.75) is 6.42 Å². The molecule has 3 heteroatoms. The van der Waals surface area contributed by atoms with Gasteiger partial charge in [0.1, 0.15) is 0 Å². The van der Waals surface area contributed by atoms with Gasteiger partial charge in [-0.05, 0) is 30.2 Å². The third kappa shape index (κ3) is 1.46. The Morgan fingerprint density at radius 2 is 2.25 bits per heavy atom. The van der Waals surface area contributed by atoms with E-state index in [1.807, 2.05) is 12.3 Å². The van der Waals surface area contributed by atoms with Crippen molar-refractivity contribution in [3.63, 3.8) is 0 Å². The Morgan fingerprint density at radius 1 is 1.33 bits per heavy atom. The summed E-state index contributed by atoms with van der Waals surface area (Å²) < 4.78 is 1.12. The molecule has 0 unspecified atom stereocenters. The van der Waals surface area contributed by atoms with Crippen molar-refractivity contribution < 1.29 is 0 Å². The summed E-state index contributed by atoms with van der Waals surface area (Å²) in [5.41, 5.74) is 8.51. The Morgan fingerprint density at radius 3 is 3.17 bits per heavy atom. The fourth-order valence-corrected chi connectivity index (χ4v) is 1.63. The van der Waals surface area contributed by atoms with Crippen molar-refractivity contribution in [2.24, 2.45) is 0 Å². The van der Waals surface area contributed by atoms with E-state index in [0.717, 1.165) is 16.6 Å². The first-order chi connectivity index (χ1) is 5.86. The average molecular weight is 225 g/mol. The molecule has 0 fully saturated rings. The molecule has 0 aromatic heterocycles. The maximum Gasteiger partial charge on any atom is 0.0575 e. The number of allylic oxidation sites excluding steroid dienone is 1. The van der Waals surface area contributed by atoms with E-state index in [0.29, 0.717) is 0 Å². The number of anilines is 1. The first kappa shape index (κ1) is 7.68. The zero-order valence-electron chi connectivity index (χ0n) is 6.47. The smallest absolute Gasteiger partial charge is 0.0575 e. The third-order valence-electron chi connectivity index (χ3n) is 1.81. The van der Waals surface area contributed by atoms with Crippen molar-refractivity contribution >= 4 is 21.6 Å². The first-order valence-corrected chi connectivity index (χ1v) is 4.60. The van der Waals surface area contributed by atoms with Crippen LogP contribution in [0.1, 0.15) is 5.56 Å². The fraction of sp³-hybridized carbons (Fsp3) is 0.111. The van der Waals surface area contributed by atoms with Crippen LogP contribution in [0.25, 0.3) is 0 Å². The second-order valence-corrected chi connectivity index (χ2v) is 3.59. The molecule has 0 saturated heterocycles. The molecule has 0 spiro atoms. The van der Waals surface area contributed by atoms with Crippen LogP contribution < -0.4 is 10.9 Å². The topological polar surface area (TPSA) is 24.1 Å². The van der Waals surface area contributed by atoms with Crippen LogP contribution in [0.2, 0.25) is 0 Å². The molecule has 0 aliphatic carbocycles. The number of hydrogen-bond acceptors (Lipinski definition) is 2. The van der Waals surface area contributed by atoms with E-state index in [4.69, 9.17) is 0 Å². The van der Waals surface area contributed by atoms with Crippen molar-refractivity contribution in [3.05, 3.63) is 40.5 Å². The Balaban J connectivity index is 2.42. The molecule has 1 aliphatic heterocycles. The van der Waals surface area contributed by atoms with Gasteiger partial charge in [-0.1, -0.05) is 22.0 Å². The number of nitrogens with one attached hydrogen (secondary N) is 2. The predicted molar refractivity (Wildman–Crippen MR) is 53.7 cm³/mol. The van der Waals surface area contributed by atoms with Gasteiger partial charge in [-0.15, -0.1) is 0 Å². The standard InChI is InChI=1S/C9H9BrN2/c10-8-3-4-9-7(6-8)2-1-5-11-12-9/h1,3-6,11-12H,2H2. The maximum atomic E-state index is 3.44. The second kappa shape index (κ2) is 3.19. The molecule has 1 aromatic carbocycles. The lowest BCUT2D eigenvalue weighted by atomic mass is 10.1. The Labute approximate surface area is 79.8 Å². The van der Waals surface area contributed by atoms with Crippen molar-refractivity contribution in [1.29, 1.82) is 0 Å². The Kier molecular flexibility index (Phi) is 2.04. The minimum Gasteiger partial charge on any atom is -0.309 e. The highest BCUT2D eigenvalue weighted by Crippen LogP contribution is 2.22. The third-order valence-corrected chi connectivity index (χ3v) is 2.31. The van der Waals surface area contributed by atoms with Crippen LogP contribution in [0.15, 0.2) is 34.9 Å². The van der Waals surface area contributed by atoms with Gasteiger partial charge in [0, 0.05) is 10.7 Å². The summed E-state index contributed by atoms with van der Waals surface area (Å²) in [6.07, 6.45) is 4.97. The number of rotatable bonds is 0. The molecule has 0 radical (unpaired) electrons. The van der Waals surface area contributed by atoms with Crippen molar-refractivity contribution in [1.82, 2.24) is 5.43 Å². The lowest BCUT2D eigenvalue weighted by Crippen LogP contribution is -2.13. The van der Waals surface area contributed by atoms with Crippen LogP contribution in [0, 0.1) is 0 Å². The van der Waals surface area contributed by atoms with Crippen LogP contribution in [0.5, 0.6) is 0 Å². The monoisotopic (exact) mass is 224 g/mol. The first-order valence-electron chi connectivity index (χ1n) is 3.81. The second-order valence-electron chi connectivity index (χ2n) is 2.68. The van der Waals surface area contributed by atoms with Gasteiger partial charge in [-0.25, -0.2) is 0 Å². The lowest BCUT2D eigenvalue weighted by Gasteiger charge is -2.07. The molecule has 2 N–H and O–H groups in total. The van der Waals surface area contributed by atoms with E-state index in [1.54, 1.807) is 0 Å². The molecule has 0 atom stereocenters. The summed E-state index contributed by atoms with van der Waals surface area (Å²) in [4.78, 5) is 0. The van der Waals surface area contributed by atoms with E-state index in [1.165, 1.54) is 5.56 Å². The summed E-state index contributed by atoms with van der Waals surface area (Å²) in [7, 11) is 0. The lowest BCUT2D eigenvalue weighted by molar-refractivity contribution is 1.06. The highest BCUT2D eigenvalue weighted by molar-refractivity contribution is 9.10. The molecule has 1 heterocycles. The minimum absolute atomic E-state index is 0.967. The van der Waals surface area contributed by atoms with Crippen LogP contribution >= 0.6 is 15.9 Å². The molecule has 0 amide bonds. The zero-order valence-corrected chi connectivity index (χ0v) is 8.06. The number of halogens is 1. The van der Waals surface area contributed by atoms with Crippen molar-refractivity contribution in [3.8, 4) is 0 Å². The van der Waals surface area contributed by atoms with E-state index < -0.39 is 0 Å². The Bertz CT molecular complexity index is 320. The summed E-state index contributed by atoms with van der Waals surface area (Å²) in [6, 6.07) is 6.21. The highest BCUT2D eigenvalue weighted by atomic mass is 79.9. The van der Waals surface area contributed by atoms with Gasteiger partial charge in [0.2, 0.25) is 0 Å². The quantitative estimate of drug-likeness (QED) is 0.708. The molecule has 0 bridgehead atoms. The van der Waals surface area contributed by atoms with Crippen LogP contribution in [0.4, 0.5) is 5.69 Å². The van der Waals surface area contributed by atoms with Gasteiger partial charge in [0.25, 0.3) is 0 Å². The van der Waals surface area contributed by atoms with E-state index >= 15 is 0 Å². The number of benzene rings is 1. The van der Waals surface area contributed by atoms with Crippen LogP contribution in [-0.2, 0) is 6.42 Å². The molecular weight excluding hydrogens is 216 g/mol. The van der Waals surface area contributed by atoms with Crippen LogP contribution in [0.3, 0.4) is 0 Å². The summed E-state index contributed by atoms with van der Waals surface area (Å²) in [6.45, 7) is 0. The predicted octanol–water partition coefficient (Wildman–Crippen LogP) is 2.44. The Hall–Kier alpha value is -0.960. The maximum absolute atomic E-state index is 3.44. The summed E-state index contributed by atoms with van der Waals surface area (Å²) >= 11 is 3.44. The van der Waals surface area contributed by atoms with E-state index in [9.17, 15) is 0 Å². The number of hydrazine groups is 1. The molecule has 1 aliphatic rings. The zero-order chi connectivity index (χ0) is 8.39. The number of hydrogen-bond donors (Lipinski definition) is 2. The van der Waals surface area contributed by atoms with Gasteiger partial charge in [-0.2, -0.15) is 0 Å². The van der Waals surface area contributed by atoms with Gasteiger partial charge in [0.15, 0.2) is 0 Å². The van der Waals surface area contributed by atoms with Gasteiger partial charge in [0.05, 0.1) is 5.69 Å². The molecule has 1 aromatic rings. The molecule has 0 saturated carbocycles. The van der Waals surface area contributed by atoms with Gasteiger partial charge >= 0.3 is 0 Å². The largest absolute Gasteiger partial charge is 0.309 e. The van der Waals surface area contributed by atoms with Crippen molar-refractivity contribution in [2.75, 3.05) is 5.43 Å². The van der Waals surface area contributed by atoms with E-state index in [2.05, 4.69) is 45.0 Å². The van der Waals surface area contributed by atoms with Gasteiger partial charge in [-0.3, -0.25) is 0 Å². The SMILES string of the molecule is Brc1ccc2c(c1)CC=CNN2. The summed E-state index contributed by atoms with van der Waals surface area (Å²) in [5.74, 6) is 0. The fourth-order valence-electron chi connectivity index (χ4n) is 1.22. The minimum atomic E-state index is 0.967. The van der Waals surface area contributed by atoms with E-state index in [-0.39, 0.29) is 0 Å². The normalized spacial score (nSPS) is 14.1. The van der Waals surface area contributed by atoms with Crippen LogP contribution in [-0.4, -0.2) is 0 Å². The number of fused-ring (bicyclic) bond motifs is 1. The molecule has 2 rings (SSSR count).